The van der Waals surface area contributed by atoms with Crippen LogP contribution >= 0.6 is 0 Å². The number of imidazole rings is 1. The number of hydrogen-bond acceptors (Lipinski definition) is 4. The molecule has 3 aromatic heterocycles. The number of phenolic OH excluding ortho intramolecular Hbond substituents is 1. The maximum absolute atomic E-state index is 11.8. The summed E-state index contributed by atoms with van der Waals surface area (Å²) in [5.74, 6) is 0.845. The third-order valence-corrected chi connectivity index (χ3v) is 21.1. The van der Waals surface area contributed by atoms with E-state index in [9.17, 15) is 5.11 Å². The summed E-state index contributed by atoms with van der Waals surface area (Å²) < 4.78 is 9.75. The van der Waals surface area contributed by atoms with Gasteiger partial charge in [-0.25, -0.2) is 9.97 Å². The van der Waals surface area contributed by atoms with E-state index in [0.717, 1.165) is 161 Å². The number of furan rings is 1. The van der Waals surface area contributed by atoms with Crippen LogP contribution in [-0.2, 0) is 10.8 Å². The van der Waals surface area contributed by atoms with Crippen molar-refractivity contribution in [2.45, 2.75) is 87.0 Å². The lowest BCUT2D eigenvalue weighted by Crippen LogP contribution is -2.11. The Hall–Kier alpha value is -12.2. The highest BCUT2D eigenvalue weighted by Crippen LogP contribution is 2.54. The van der Waals surface area contributed by atoms with Crippen molar-refractivity contribution in [1.29, 1.82) is 0 Å². The largest absolute Gasteiger partial charge is 0.507 e. The fourth-order valence-corrected chi connectivity index (χ4v) is 16.1. The second-order valence-electron chi connectivity index (χ2n) is 30.6. The molecule has 0 aliphatic rings. The first-order chi connectivity index (χ1) is 50.3. The average Bonchev–Trinajstić information content (AvgIpc) is 1.52. The van der Waals surface area contributed by atoms with Gasteiger partial charge in [-0.1, -0.05) is 295 Å². The lowest BCUT2D eigenvalue weighted by atomic mass is 9.78. The maximum atomic E-state index is 11.8. The van der Waals surface area contributed by atoms with E-state index < -0.39 is 0 Å². The van der Waals surface area contributed by atoms with Crippen LogP contribution in [0.1, 0.15) is 80.5 Å². The molecule has 1 N–H and O–H groups in total. The van der Waals surface area contributed by atoms with E-state index in [1.54, 1.807) is 6.07 Å². The number of aromatic hydroxyl groups is 1. The van der Waals surface area contributed by atoms with Crippen molar-refractivity contribution in [3.63, 3.8) is 0 Å². The van der Waals surface area contributed by atoms with Crippen LogP contribution in [0.4, 0.5) is 0 Å². The van der Waals surface area contributed by atoms with E-state index in [1.165, 1.54) is 27.8 Å². The Labute approximate surface area is 609 Å². The predicted molar refractivity (Wildman–Crippen MR) is 438 cm³/mol. The van der Waals surface area contributed by atoms with Crippen LogP contribution in [0, 0.1) is 34.6 Å². The first-order valence-electron chi connectivity index (χ1n) is 36.2. The van der Waals surface area contributed by atoms with Gasteiger partial charge in [-0.3, -0.25) is 4.57 Å². The summed E-state index contributed by atoms with van der Waals surface area (Å²) in [4.78, 5) is 11.9. The van der Waals surface area contributed by atoms with Gasteiger partial charge in [-0.2, -0.15) is 0 Å². The topological polar surface area (TPSA) is 64.1 Å². The molecule has 14 aromatic carbocycles. The number of aryl methyl sites for hydroxylation is 5. The molecule has 17 rings (SSSR count). The van der Waals surface area contributed by atoms with Gasteiger partial charge in [0.05, 0.1) is 22.2 Å². The molecule has 0 saturated carbocycles. The van der Waals surface area contributed by atoms with Crippen LogP contribution in [0.25, 0.3) is 172 Å². The van der Waals surface area contributed by atoms with Crippen LogP contribution in [0.5, 0.6) is 5.75 Å². The van der Waals surface area contributed by atoms with Crippen molar-refractivity contribution in [3.05, 3.63) is 324 Å². The normalized spacial score (nSPS) is 12.0. The van der Waals surface area contributed by atoms with Gasteiger partial charge in [-0.15, -0.1) is 0 Å². The summed E-state index contributed by atoms with van der Waals surface area (Å²) in [5, 5.41) is 16.4. The summed E-state index contributed by atoms with van der Waals surface area (Å²) in [6, 6.07) is 104. The van der Waals surface area contributed by atoms with Crippen LogP contribution in [-0.4, -0.2) is 19.6 Å². The number of para-hydroxylation sites is 2. The fraction of sp³-hybridized carbons (Fsp3) is 0.131. The highest BCUT2D eigenvalue weighted by molar-refractivity contribution is 6.19. The highest BCUT2D eigenvalue weighted by Gasteiger charge is 2.31. The Morgan fingerprint density at radius 3 is 1.47 bits per heavy atom. The minimum Gasteiger partial charge on any atom is -0.507 e. The van der Waals surface area contributed by atoms with Gasteiger partial charge in [0, 0.05) is 27.1 Å². The van der Waals surface area contributed by atoms with E-state index in [-0.39, 0.29) is 16.6 Å². The third-order valence-electron chi connectivity index (χ3n) is 21.1. The van der Waals surface area contributed by atoms with Crippen LogP contribution in [0.3, 0.4) is 0 Å². The first-order valence-corrected chi connectivity index (χ1v) is 36.2. The van der Waals surface area contributed by atoms with E-state index in [1.807, 2.05) is 12.1 Å². The summed E-state index contributed by atoms with van der Waals surface area (Å²) in [6.07, 6.45) is 0. The standard InChI is InChI=1S/C99H81N3O2/c1-59-25-20-33-68(48-59)77-35-23-36-78(71-49-60(2)47-61(3)50-71)92(77)83-57-74(58-88-93(83)81-34-18-19-40-87(81)104-88)89-82(44-46-85-95(89)101-97(102(85)96-62(4)26-21-27-63(96)5)84-45-43-67-42-41-66-32-22-39-86(103)90(66)94(67)100-84)91-79(72-51-69(64-28-14-12-15-29-64)53-75(55-72)98(6,7)8)37-24-38-80(91)73-52-70(65-30-16-13-17-31-65)54-76(56-73)99(9,10)11/h12-58,103H,1-11H3. The van der Waals surface area contributed by atoms with Crippen molar-refractivity contribution in [2.75, 3.05) is 0 Å². The molecule has 0 amide bonds. The van der Waals surface area contributed by atoms with Gasteiger partial charge in [-0.05, 0) is 216 Å². The molecular weight excluding hydrogens is 1260 g/mol. The Morgan fingerprint density at radius 1 is 0.327 bits per heavy atom. The predicted octanol–water partition coefficient (Wildman–Crippen LogP) is 27.1. The number of phenols is 1. The number of hydrogen-bond donors (Lipinski definition) is 1. The Morgan fingerprint density at radius 2 is 0.846 bits per heavy atom. The van der Waals surface area contributed by atoms with Gasteiger partial charge in [0.1, 0.15) is 22.6 Å². The van der Waals surface area contributed by atoms with Gasteiger partial charge in [0.25, 0.3) is 0 Å². The summed E-state index contributed by atoms with van der Waals surface area (Å²) in [7, 11) is 0. The molecule has 0 fully saturated rings. The summed E-state index contributed by atoms with van der Waals surface area (Å²) in [6.45, 7) is 24.9. The Kier molecular flexibility index (Phi) is 15.9. The zero-order valence-corrected chi connectivity index (χ0v) is 60.8. The third kappa shape index (κ3) is 11.5. The molecule has 0 aliphatic heterocycles. The van der Waals surface area contributed by atoms with Gasteiger partial charge < -0.3 is 9.52 Å². The van der Waals surface area contributed by atoms with E-state index in [0.29, 0.717) is 22.4 Å². The molecule has 504 valence electrons. The number of pyridine rings is 1. The molecule has 17 aromatic rings. The number of aromatic nitrogens is 3. The average molecular weight is 1340 g/mol. The van der Waals surface area contributed by atoms with Crippen molar-refractivity contribution < 1.29 is 9.52 Å². The molecule has 3 heterocycles. The molecule has 0 aliphatic carbocycles. The van der Waals surface area contributed by atoms with Crippen LogP contribution in [0.2, 0.25) is 0 Å². The van der Waals surface area contributed by atoms with Gasteiger partial charge >= 0.3 is 0 Å². The molecule has 5 heteroatoms. The van der Waals surface area contributed by atoms with Crippen molar-refractivity contribution in [1.82, 2.24) is 14.5 Å². The molecule has 0 saturated heterocycles. The SMILES string of the molecule is Cc1cccc(-c2cccc(-c3cc(C)cc(C)c3)c2-c2cc(-c3c(-c4c(-c5cc(-c6ccccc6)cc(C(C)(C)C)c5)cccc4-c4cc(-c5ccccc5)cc(C(C)(C)C)c4)ccc4c3nc(-c3ccc5ccc6cccc(O)c6c5n3)n4-c3c(C)cccc3C)cc3oc4ccccc4c23)c1. The molecule has 104 heavy (non-hydrogen) atoms. The molecule has 0 bridgehead atoms. The second-order valence-corrected chi connectivity index (χ2v) is 30.6. The minimum absolute atomic E-state index is 0.177. The summed E-state index contributed by atoms with van der Waals surface area (Å²) >= 11 is 0. The monoisotopic (exact) mass is 1340 g/mol. The van der Waals surface area contributed by atoms with Crippen molar-refractivity contribution in [3.8, 4) is 123 Å². The first kappa shape index (κ1) is 65.1. The zero-order valence-electron chi connectivity index (χ0n) is 60.8. The van der Waals surface area contributed by atoms with E-state index >= 15 is 0 Å². The quantitative estimate of drug-likeness (QED) is 0.131. The minimum atomic E-state index is -0.213. The van der Waals surface area contributed by atoms with E-state index in [2.05, 4.69) is 348 Å². The van der Waals surface area contributed by atoms with Crippen molar-refractivity contribution in [2.24, 2.45) is 0 Å². The molecule has 0 unspecified atom stereocenters. The highest BCUT2D eigenvalue weighted by atomic mass is 16.3. The van der Waals surface area contributed by atoms with Crippen molar-refractivity contribution >= 4 is 54.6 Å². The molecule has 0 spiro atoms. The van der Waals surface area contributed by atoms with Gasteiger partial charge in [0.2, 0.25) is 0 Å². The zero-order chi connectivity index (χ0) is 71.4. The molecule has 0 radical (unpaired) electrons. The van der Waals surface area contributed by atoms with Gasteiger partial charge in [0.15, 0.2) is 5.82 Å². The smallest absolute Gasteiger partial charge is 0.164 e. The van der Waals surface area contributed by atoms with Crippen LogP contribution < -0.4 is 0 Å². The van der Waals surface area contributed by atoms with Crippen LogP contribution in [0.15, 0.2) is 290 Å². The number of nitrogens with zero attached hydrogens (tertiary/aromatic N) is 3. The lowest BCUT2D eigenvalue weighted by Gasteiger charge is -2.25. The second kappa shape index (κ2) is 25.4. The number of rotatable bonds is 11. The molecule has 0 atom stereocenters. The fourth-order valence-electron chi connectivity index (χ4n) is 16.1. The van der Waals surface area contributed by atoms with E-state index in [4.69, 9.17) is 14.4 Å². The Balaban J connectivity index is 1.08. The maximum Gasteiger partial charge on any atom is 0.164 e. The Bertz CT molecular complexity index is 6150. The number of benzene rings is 14. The molecular formula is C99H81N3O2. The molecule has 5 nitrogen and oxygen atoms in total. The summed E-state index contributed by atoms with van der Waals surface area (Å²) in [5.41, 5.74) is 32.9. The number of fused-ring (bicyclic) bond motifs is 7. The lowest BCUT2D eigenvalue weighted by molar-refractivity contribution is 0.482.